The van der Waals surface area contributed by atoms with Crippen LogP contribution in [0.15, 0.2) is 52.7 Å². The zero-order valence-corrected chi connectivity index (χ0v) is 15.4. The number of methoxy groups -OCH3 is 1. The number of ether oxygens (including phenoxy) is 1. The van der Waals surface area contributed by atoms with Crippen LogP contribution in [-0.4, -0.2) is 18.9 Å². The predicted octanol–water partition coefficient (Wildman–Crippen LogP) is 4.24. The Hall–Kier alpha value is -2.66. The van der Waals surface area contributed by atoms with Gasteiger partial charge in [-0.15, -0.1) is 11.3 Å². The molecule has 0 fully saturated rings. The van der Waals surface area contributed by atoms with Crippen LogP contribution >= 0.6 is 11.3 Å². The summed E-state index contributed by atoms with van der Waals surface area (Å²) in [4.78, 5) is 27.8. The zero-order chi connectivity index (χ0) is 18.1. The predicted molar refractivity (Wildman–Crippen MR) is 100 cm³/mol. The van der Waals surface area contributed by atoms with Crippen LogP contribution in [0.1, 0.15) is 22.9 Å². The Bertz CT molecular complexity index is 907. The molecule has 5 heteroatoms. The van der Waals surface area contributed by atoms with Crippen molar-refractivity contribution in [2.75, 3.05) is 12.0 Å². The van der Waals surface area contributed by atoms with E-state index in [1.165, 1.54) is 12.7 Å². The highest BCUT2D eigenvalue weighted by atomic mass is 32.1. The monoisotopic (exact) mass is 353 g/mol. The van der Waals surface area contributed by atoms with Gasteiger partial charge in [-0.25, -0.2) is 4.79 Å². The van der Waals surface area contributed by atoms with Crippen molar-refractivity contribution in [3.05, 3.63) is 68.7 Å². The van der Waals surface area contributed by atoms with E-state index in [2.05, 4.69) is 0 Å². The second-order valence-electron chi connectivity index (χ2n) is 5.93. The summed E-state index contributed by atoms with van der Waals surface area (Å²) >= 11 is 1.54. The molecular weight excluding hydrogens is 334 g/mol. The quantitative estimate of drug-likeness (QED) is 0.470. The summed E-state index contributed by atoms with van der Waals surface area (Å²) in [5.41, 5.74) is 4.29. The highest BCUT2D eigenvalue weighted by Crippen LogP contribution is 2.36. The van der Waals surface area contributed by atoms with Crippen LogP contribution in [0, 0.1) is 13.8 Å². The summed E-state index contributed by atoms with van der Waals surface area (Å²) in [5.74, 6) is -0.915. The Kier molecular flexibility index (Phi) is 4.59. The molecule has 0 N–H and O–H groups in total. The smallest absolute Gasteiger partial charge is 0.343 e. The van der Waals surface area contributed by atoms with E-state index in [4.69, 9.17) is 4.74 Å². The molecule has 1 aliphatic rings. The second-order valence-corrected chi connectivity index (χ2v) is 6.91. The Morgan fingerprint density at radius 3 is 2.52 bits per heavy atom. The van der Waals surface area contributed by atoms with Crippen LogP contribution in [-0.2, 0) is 14.3 Å². The second kappa shape index (κ2) is 6.69. The summed E-state index contributed by atoms with van der Waals surface area (Å²) in [6.45, 7) is 5.84. The number of carbonyl (C=O) groups excluding carboxylic acids is 2. The Labute approximate surface area is 151 Å². The molecule has 0 radical (unpaired) electrons. The first-order valence-electron chi connectivity index (χ1n) is 7.90. The van der Waals surface area contributed by atoms with Crippen molar-refractivity contribution >= 4 is 34.9 Å². The van der Waals surface area contributed by atoms with E-state index in [1.54, 1.807) is 18.3 Å². The van der Waals surface area contributed by atoms with Crippen molar-refractivity contribution < 1.29 is 14.3 Å². The lowest BCUT2D eigenvalue weighted by Gasteiger charge is -2.22. The van der Waals surface area contributed by atoms with Gasteiger partial charge < -0.3 is 9.64 Å². The molecule has 1 aliphatic heterocycles. The van der Waals surface area contributed by atoms with Gasteiger partial charge in [-0.1, -0.05) is 12.1 Å². The molecule has 0 amide bonds. The van der Waals surface area contributed by atoms with E-state index in [9.17, 15) is 9.59 Å². The lowest BCUT2D eigenvalue weighted by Crippen LogP contribution is -2.18. The van der Waals surface area contributed by atoms with E-state index in [0.717, 1.165) is 16.1 Å². The van der Waals surface area contributed by atoms with Gasteiger partial charge in [0.25, 0.3) is 0 Å². The van der Waals surface area contributed by atoms with Crippen molar-refractivity contribution in [2.45, 2.75) is 20.8 Å². The highest BCUT2D eigenvalue weighted by molar-refractivity contribution is 7.10. The molecule has 0 bridgehead atoms. The van der Waals surface area contributed by atoms with E-state index in [0.29, 0.717) is 11.4 Å². The van der Waals surface area contributed by atoms with Crippen LogP contribution in [0.25, 0.3) is 6.08 Å². The topological polar surface area (TPSA) is 46.6 Å². The van der Waals surface area contributed by atoms with Crippen molar-refractivity contribution in [2.24, 2.45) is 0 Å². The number of hydrogen-bond donors (Lipinski definition) is 0. The van der Waals surface area contributed by atoms with E-state index < -0.39 is 5.97 Å². The van der Waals surface area contributed by atoms with Gasteiger partial charge in [0.2, 0.25) is 5.78 Å². The molecule has 1 aromatic heterocycles. The minimum Gasteiger partial charge on any atom is -0.465 e. The third-order valence-electron chi connectivity index (χ3n) is 4.36. The standard InChI is InChI=1S/C20H19NO3S/c1-12-7-8-15(10-13(12)2)21-14(3)18(20(23)24-4)19(22)17(21)11-16-6-5-9-25-16/h5-11H,1-4H3/b17-11+. The number of thiophene rings is 1. The molecule has 2 heterocycles. The highest BCUT2D eigenvalue weighted by Gasteiger charge is 2.38. The lowest BCUT2D eigenvalue weighted by molar-refractivity contribution is -0.137. The number of rotatable bonds is 3. The summed E-state index contributed by atoms with van der Waals surface area (Å²) in [6.07, 6.45) is 1.82. The van der Waals surface area contributed by atoms with E-state index in [-0.39, 0.29) is 11.4 Å². The molecule has 25 heavy (non-hydrogen) atoms. The van der Waals surface area contributed by atoms with Gasteiger partial charge >= 0.3 is 5.97 Å². The summed E-state index contributed by atoms with van der Waals surface area (Å²) in [5, 5.41) is 1.95. The molecule has 0 unspecified atom stereocenters. The molecule has 0 atom stereocenters. The maximum Gasteiger partial charge on any atom is 0.343 e. The normalized spacial score (nSPS) is 16.1. The van der Waals surface area contributed by atoms with Crippen LogP contribution in [0.3, 0.4) is 0 Å². The number of hydrogen-bond acceptors (Lipinski definition) is 5. The zero-order valence-electron chi connectivity index (χ0n) is 14.6. The van der Waals surface area contributed by atoms with E-state index >= 15 is 0 Å². The van der Waals surface area contributed by atoms with Gasteiger partial charge in [0, 0.05) is 16.3 Å². The first-order valence-corrected chi connectivity index (χ1v) is 8.78. The molecular formula is C20H19NO3S. The number of carbonyl (C=O) groups is 2. The van der Waals surface area contributed by atoms with Crippen LogP contribution < -0.4 is 4.90 Å². The first kappa shape index (κ1) is 17.2. The molecule has 0 saturated heterocycles. The number of aryl methyl sites for hydroxylation is 2. The molecule has 0 spiro atoms. The molecule has 0 saturated carbocycles. The minimum absolute atomic E-state index is 0.0866. The fourth-order valence-corrected chi connectivity index (χ4v) is 3.52. The number of allylic oxidation sites excluding steroid dienone is 2. The number of Topliss-reactive ketones (excluding diaryl/α,β-unsaturated/α-hetero) is 1. The van der Waals surface area contributed by atoms with Crippen LogP contribution in [0.4, 0.5) is 5.69 Å². The third-order valence-corrected chi connectivity index (χ3v) is 5.18. The fraction of sp³-hybridized carbons (Fsp3) is 0.200. The summed E-state index contributed by atoms with van der Waals surface area (Å²) in [6, 6.07) is 9.87. The molecule has 0 aliphatic carbocycles. The van der Waals surface area contributed by atoms with Crippen molar-refractivity contribution in [3.8, 4) is 0 Å². The van der Waals surface area contributed by atoms with Gasteiger partial charge in [-0.2, -0.15) is 0 Å². The maximum atomic E-state index is 12.9. The molecule has 2 aromatic rings. The average Bonchev–Trinajstić information content (AvgIpc) is 3.17. The Morgan fingerprint density at radius 1 is 1.16 bits per heavy atom. The van der Waals surface area contributed by atoms with Gasteiger partial charge in [0.1, 0.15) is 5.57 Å². The lowest BCUT2D eigenvalue weighted by atomic mass is 10.1. The SMILES string of the molecule is COC(=O)C1=C(C)N(c2ccc(C)c(C)c2)/C(=C/c2cccs2)C1=O. The molecule has 1 aromatic carbocycles. The molecule has 3 rings (SSSR count). The van der Waals surface area contributed by atoms with Gasteiger partial charge in [-0.3, -0.25) is 4.79 Å². The van der Waals surface area contributed by atoms with Crippen LogP contribution in [0.2, 0.25) is 0 Å². The molecule has 4 nitrogen and oxygen atoms in total. The number of benzene rings is 1. The summed E-state index contributed by atoms with van der Waals surface area (Å²) in [7, 11) is 1.29. The number of anilines is 1. The number of nitrogens with zero attached hydrogens (tertiary/aromatic N) is 1. The maximum absolute atomic E-state index is 12.9. The van der Waals surface area contributed by atoms with Gasteiger partial charge in [-0.05, 0) is 61.6 Å². The molecule has 128 valence electrons. The van der Waals surface area contributed by atoms with Gasteiger partial charge in [0.05, 0.1) is 12.8 Å². The van der Waals surface area contributed by atoms with Crippen molar-refractivity contribution in [1.82, 2.24) is 0 Å². The third kappa shape index (κ3) is 3.03. The van der Waals surface area contributed by atoms with E-state index in [1.807, 2.05) is 60.5 Å². The number of ketones is 1. The Morgan fingerprint density at radius 2 is 1.92 bits per heavy atom. The Balaban J connectivity index is 2.18. The van der Waals surface area contributed by atoms with Gasteiger partial charge in [0.15, 0.2) is 0 Å². The minimum atomic E-state index is -0.606. The number of esters is 1. The van der Waals surface area contributed by atoms with Crippen LogP contribution in [0.5, 0.6) is 0 Å². The fourth-order valence-electron chi connectivity index (χ4n) is 2.86. The summed E-state index contributed by atoms with van der Waals surface area (Å²) < 4.78 is 4.82. The first-order chi connectivity index (χ1) is 11.9. The van der Waals surface area contributed by atoms with Crippen molar-refractivity contribution in [1.29, 1.82) is 0 Å². The largest absolute Gasteiger partial charge is 0.465 e. The van der Waals surface area contributed by atoms with Crippen molar-refractivity contribution in [3.63, 3.8) is 0 Å². The average molecular weight is 353 g/mol.